The zero-order chi connectivity index (χ0) is 18.3. The zero-order valence-electron chi connectivity index (χ0n) is 13.8. The normalized spacial score (nSPS) is 15.4. The van der Waals surface area contributed by atoms with Gasteiger partial charge in [-0.05, 0) is 40.2 Å². The molecule has 2 aromatic carbocycles. The molecule has 1 aromatic heterocycles. The number of halogens is 1. The first-order valence-corrected chi connectivity index (χ1v) is 8.72. The number of hydrogen-bond acceptors (Lipinski definition) is 4. The Morgan fingerprint density at radius 2 is 1.88 bits per heavy atom. The number of benzene rings is 2. The Balaban J connectivity index is 1.82. The minimum Gasteiger partial charge on any atom is -0.402 e. The molecular formula is C20H13BrN2O3. The Morgan fingerprint density at radius 1 is 1.15 bits per heavy atom. The van der Waals surface area contributed by atoms with E-state index >= 15 is 0 Å². The van der Waals surface area contributed by atoms with Crippen LogP contribution in [0.4, 0.5) is 0 Å². The summed E-state index contributed by atoms with van der Waals surface area (Å²) in [5.74, 6) is -0.364. The van der Waals surface area contributed by atoms with Gasteiger partial charge in [0.2, 0.25) is 11.8 Å². The third kappa shape index (κ3) is 2.78. The van der Waals surface area contributed by atoms with Crippen LogP contribution >= 0.6 is 15.9 Å². The Labute approximate surface area is 157 Å². The summed E-state index contributed by atoms with van der Waals surface area (Å²) in [6.45, 7) is 1.50. The molecule has 6 heteroatoms. The number of nitrogens with zero attached hydrogens (tertiary/aromatic N) is 2. The van der Waals surface area contributed by atoms with Crippen LogP contribution in [-0.4, -0.2) is 22.3 Å². The summed E-state index contributed by atoms with van der Waals surface area (Å²) in [4.78, 5) is 28.5. The molecule has 2 heterocycles. The first-order chi connectivity index (χ1) is 12.5. The van der Waals surface area contributed by atoms with Gasteiger partial charge in [0.05, 0.1) is 11.1 Å². The van der Waals surface area contributed by atoms with E-state index in [4.69, 9.17) is 4.74 Å². The van der Waals surface area contributed by atoms with Gasteiger partial charge in [-0.2, -0.15) is 0 Å². The summed E-state index contributed by atoms with van der Waals surface area (Å²) >= 11 is 3.43. The minimum absolute atomic E-state index is 0.0998. The van der Waals surface area contributed by atoms with E-state index in [0.717, 1.165) is 20.9 Å². The molecule has 4 rings (SSSR count). The highest BCUT2D eigenvalue weighted by atomic mass is 79.9. The molecule has 0 fully saturated rings. The number of para-hydroxylation sites is 1. The van der Waals surface area contributed by atoms with Crippen molar-refractivity contribution in [3.63, 3.8) is 0 Å². The Bertz CT molecular complexity index is 1130. The molecule has 0 atom stereocenters. The monoisotopic (exact) mass is 408 g/mol. The standard InChI is InChI=1S/C20H13BrN2O3/c1-12(24)23-11-13(14-6-3-5-9-18(14)23)10-17-20(25)26-19(22-17)15-7-2-4-8-16(15)21/h2-11H,1H3/b17-10+. The molecule has 1 aliphatic rings. The van der Waals surface area contributed by atoms with Crippen molar-refractivity contribution in [2.45, 2.75) is 6.92 Å². The van der Waals surface area contributed by atoms with Gasteiger partial charge in [-0.1, -0.05) is 30.3 Å². The molecule has 0 saturated heterocycles. The lowest BCUT2D eigenvalue weighted by Crippen LogP contribution is -2.05. The van der Waals surface area contributed by atoms with Crippen LogP contribution < -0.4 is 0 Å². The van der Waals surface area contributed by atoms with Gasteiger partial charge in [-0.25, -0.2) is 9.79 Å². The Hall–Kier alpha value is -2.99. The van der Waals surface area contributed by atoms with E-state index in [1.807, 2.05) is 48.5 Å². The molecule has 0 saturated carbocycles. The van der Waals surface area contributed by atoms with E-state index in [2.05, 4.69) is 20.9 Å². The average molecular weight is 409 g/mol. The van der Waals surface area contributed by atoms with Gasteiger partial charge in [0, 0.05) is 28.5 Å². The average Bonchev–Trinajstić information content (AvgIpc) is 3.17. The fraction of sp³-hybridized carbons (Fsp3) is 0.0500. The van der Waals surface area contributed by atoms with Crippen molar-refractivity contribution in [3.8, 4) is 0 Å². The maximum atomic E-state index is 12.3. The zero-order valence-corrected chi connectivity index (χ0v) is 15.4. The molecule has 0 amide bonds. The van der Waals surface area contributed by atoms with Crippen LogP contribution in [0.2, 0.25) is 0 Å². The molecule has 0 aliphatic carbocycles. The highest BCUT2D eigenvalue weighted by molar-refractivity contribution is 9.10. The molecule has 26 heavy (non-hydrogen) atoms. The van der Waals surface area contributed by atoms with Gasteiger partial charge in [0.25, 0.3) is 0 Å². The third-order valence-electron chi connectivity index (χ3n) is 4.10. The van der Waals surface area contributed by atoms with E-state index in [-0.39, 0.29) is 17.5 Å². The molecule has 0 unspecified atom stereocenters. The topological polar surface area (TPSA) is 60.7 Å². The molecule has 3 aromatic rings. The van der Waals surface area contributed by atoms with Gasteiger partial charge < -0.3 is 4.74 Å². The molecule has 0 bridgehead atoms. The van der Waals surface area contributed by atoms with Gasteiger partial charge in [0.15, 0.2) is 5.70 Å². The predicted molar refractivity (Wildman–Crippen MR) is 103 cm³/mol. The predicted octanol–water partition coefficient (Wildman–Crippen LogP) is 4.41. The van der Waals surface area contributed by atoms with Crippen LogP contribution in [0, 0.1) is 0 Å². The second-order valence-corrected chi connectivity index (χ2v) is 6.66. The fourth-order valence-electron chi connectivity index (χ4n) is 2.89. The first-order valence-electron chi connectivity index (χ1n) is 7.93. The lowest BCUT2D eigenvalue weighted by atomic mass is 10.1. The second-order valence-electron chi connectivity index (χ2n) is 5.81. The van der Waals surface area contributed by atoms with Gasteiger partial charge in [-0.3, -0.25) is 9.36 Å². The Kier molecular flexibility index (Phi) is 4.05. The van der Waals surface area contributed by atoms with E-state index in [1.54, 1.807) is 16.8 Å². The summed E-state index contributed by atoms with van der Waals surface area (Å²) in [5, 5.41) is 0.868. The van der Waals surface area contributed by atoms with Crippen molar-refractivity contribution in [2.24, 2.45) is 4.99 Å². The SMILES string of the molecule is CC(=O)n1cc(/C=C2/N=C(c3ccccc3Br)OC2=O)c2ccccc21. The summed E-state index contributed by atoms with van der Waals surface area (Å²) in [6.07, 6.45) is 3.35. The number of carbonyl (C=O) groups is 2. The molecule has 0 radical (unpaired) electrons. The van der Waals surface area contributed by atoms with Crippen LogP contribution in [0.15, 0.2) is 69.9 Å². The smallest absolute Gasteiger partial charge is 0.363 e. The number of aliphatic imine (C=N–C) groups is 1. The Morgan fingerprint density at radius 3 is 2.65 bits per heavy atom. The van der Waals surface area contributed by atoms with E-state index in [0.29, 0.717) is 5.56 Å². The maximum Gasteiger partial charge on any atom is 0.363 e. The van der Waals surface area contributed by atoms with Crippen LogP contribution in [-0.2, 0) is 9.53 Å². The largest absolute Gasteiger partial charge is 0.402 e. The van der Waals surface area contributed by atoms with E-state index < -0.39 is 5.97 Å². The lowest BCUT2D eigenvalue weighted by molar-refractivity contribution is -0.129. The summed E-state index contributed by atoms with van der Waals surface area (Å²) in [6, 6.07) is 14.9. The number of rotatable bonds is 2. The van der Waals surface area contributed by atoms with Gasteiger partial charge in [-0.15, -0.1) is 0 Å². The lowest BCUT2D eigenvalue weighted by Gasteiger charge is -2.01. The molecular weight excluding hydrogens is 396 g/mol. The van der Waals surface area contributed by atoms with Crippen molar-refractivity contribution < 1.29 is 14.3 Å². The number of aromatic nitrogens is 1. The molecule has 0 N–H and O–H groups in total. The molecule has 0 spiro atoms. The van der Waals surface area contributed by atoms with Crippen LogP contribution in [0.5, 0.6) is 0 Å². The van der Waals surface area contributed by atoms with E-state index in [9.17, 15) is 9.59 Å². The van der Waals surface area contributed by atoms with Crippen molar-refractivity contribution >= 4 is 50.7 Å². The van der Waals surface area contributed by atoms with Crippen molar-refractivity contribution in [1.29, 1.82) is 0 Å². The number of carbonyl (C=O) groups excluding carboxylic acids is 2. The van der Waals surface area contributed by atoms with Crippen LogP contribution in [0.1, 0.15) is 22.8 Å². The fourth-order valence-corrected chi connectivity index (χ4v) is 3.34. The van der Waals surface area contributed by atoms with Crippen molar-refractivity contribution in [3.05, 3.63) is 76.0 Å². The number of fused-ring (bicyclic) bond motifs is 1. The summed E-state index contributed by atoms with van der Waals surface area (Å²) in [7, 11) is 0. The number of hydrogen-bond donors (Lipinski definition) is 0. The molecule has 5 nitrogen and oxygen atoms in total. The van der Waals surface area contributed by atoms with Crippen LogP contribution in [0.3, 0.4) is 0 Å². The van der Waals surface area contributed by atoms with Gasteiger partial charge >= 0.3 is 5.97 Å². The number of cyclic esters (lactones) is 1. The summed E-state index contributed by atoms with van der Waals surface area (Å²) < 4.78 is 7.67. The van der Waals surface area contributed by atoms with Crippen molar-refractivity contribution in [1.82, 2.24) is 4.57 Å². The highest BCUT2D eigenvalue weighted by Crippen LogP contribution is 2.27. The van der Waals surface area contributed by atoms with Crippen LogP contribution in [0.25, 0.3) is 17.0 Å². The molecule has 128 valence electrons. The number of esters is 1. The second kappa shape index (κ2) is 6.38. The van der Waals surface area contributed by atoms with Gasteiger partial charge in [0.1, 0.15) is 0 Å². The maximum absolute atomic E-state index is 12.3. The third-order valence-corrected chi connectivity index (χ3v) is 4.79. The minimum atomic E-state index is -0.518. The first kappa shape index (κ1) is 16.5. The van der Waals surface area contributed by atoms with E-state index in [1.165, 1.54) is 6.92 Å². The van der Waals surface area contributed by atoms with Crippen molar-refractivity contribution in [2.75, 3.05) is 0 Å². The summed E-state index contributed by atoms with van der Waals surface area (Å²) in [5.41, 5.74) is 2.42. The number of ether oxygens (including phenoxy) is 1. The quantitative estimate of drug-likeness (QED) is 0.466. The molecule has 1 aliphatic heterocycles. The highest BCUT2D eigenvalue weighted by Gasteiger charge is 2.25.